The zero-order chi connectivity index (χ0) is 14.9. The molecule has 1 aromatic carbocycles. The third-order valence-electron chi connectivity index (χ3n) is 2.69. The average Bonchev–Trinajstić information content (AvgIpc) is 2.83. The van der Waals surface area contributed by atoms with Crippen LogP contribution >= 0.6 is 30.8 Å². The van der Waals surface area contributed by atoms with Crippen LogP contribution in [0.3, 0.4) is 0 Å². The Hall–Kier alpha value is -1.04. The molecule has 0 spiro atoms. The Morgan fingerprint density at radius 2 is 1.85 bits per heavy atom. The molecule has 20 heavy (non-hydrogen) atoms. The van der Waals surface area contributed by atoms with E-state index >= 15 is 0 Å². The lowest BCUT2D eigenvalue weighted by Crippen LogP contribution is -2.28. The summed E-state index contributed by atoms with van der Waals surface area (Å²) in [5.74, 6) is 0. The van der Waals surface area contributed by atoms with Crippen LogP contribution in [0.4, 0.5) is 0 Å². The molecule has 0 amide bonds. The van der Waals surface area contributed by atoms with E-state index in [4.69, 9.17) is 32.2 Å². The van der Waals surface area contributed by atoms with Gasteiger partial charge in [-0.3, -0.25) is 14.5 Å². The highest BCUT2D eigenvalue weighted by Gasteiger charge is 2.30. The molecule has 1 N–H and O–H groups in total. The molecular formula is C11H11Cl2N2O4P. The summed E-state index contributed by atoms with van der Waals surface area (Å²) in [4.78, 5) is 12.3. The molecule has 6 nitrogen and oxygen atoms in total. The Bertz CT molecular complexity index is 732. The van der Waals surface area contributed by atoms with Gasteiger partial charge < -0.3 is 9.05 Å². The van der Waals surface area contributed by atoms with Gasteiger partial charge in [0.25, 0.3) is 5.56 Å². The summed E-state index contributed by atoms with van der Waals surface area (Å²) >= 11 is 11.7. The Labute approximate surface area is 124 Å². The monoisotopic (exact) mass is 336 g/mol. The SMILES string of the molecule is COP(=O)(OC)c1c[nH]n(-c2ccc(Cl)c(Cl)c2)c1=O. The Kier molecular flexibility index (Phi) is 4.42. The molecule has 9 heteroatoms. The van der Waals surface area contributed by atoms with Gasteiger partial charge in [-0.05, 0) is 18.2 Å². The summed E-state index contributed by atoms with van der Waals surface area (Å²) in [6.07, 6.45) is 1.28. The summed E-state index contributed by atoms with van der Waals surface area (Å²) in [5, 5.41) is 3.26. The summed E-state index contributed by atoms with van der Waals surface area (Å²) in [7, 11) is -1.20. The first kappa shape index (κ1) is 15.4. The van der Waals surface area contributed by atoms with E-state index in [9.17, 15) is 9.36 Å². The smallest absolute Gasteiger partial charge is 0.308 e. The minimum Gasteiger partial charge on any atom is -0.308 e. The predicted octanol–water partition coefficient (Wildman–Crippen LogP) is 2.58. The molecule has 0 aliphatic heterocycles. The highest BCUT2D eigenvalue weighted by atomic mass is 35.5. The molecule has 0 aliphatic rings. The standard InChI is InChI=1S/C11H11Cl2N2O4P/c1-18-20(17,19-2)10-6-14-15(11(10)16)7-3-4-8(12)9(13)5-7/h3-6,14H,1-2H3. The van der Waals surface area contributed by atoms with Crippen molar-refractivity contribution in [3.63, 3.8) is 0 Å². The summed E-state index contributed by atoms with van der Waals surface area (Å²) in [5.41, 5.74) is -0.0928. The Morgan fingerprint density at radius 1 is 1.20 bits per heavy atom. The number of benzene rings is 1. The van der Waals surface area contributed by atoms with Crippen LogP contribution in [0.1, 0.15) is 0 Å². The molecule has 0 aliphatic carbocycles. The molecule has 0 saturated heterocycles. The maximum Gasteiger partial charge on any atom is 0.368 e. The molecule has 1 heterocycles. The highest BCUT2D eigenvalue weighted by molar-refractivity contribution is 7.62. The van der Waals surface area contributed by atoms with Crippen LogP contribution in [0.25, 0.3) is 5.69 Å². The van der Waals surface area contributed by atoms with E-state index in [2.05, 4.69) is 5.10 Å². The zero-order valence-electron chi connectivity index (χ0n) is 10.6. The lowest BCUT2D eigenvalue weighted by atomic mass is 10.3. The fraction of sp³-hybridized carbons (Fsp3) is 0.182. The number of hydrogen-bond acceptors (Lipinski definition) is 4. The van der Waals surface area contributed by atoms with Crippen LogP contribution in [0.5, 0.6) is 0 Å². The molecule has 0 fully saturated rings. The number of nitrogens with one attached hydrogen (secondary N) is 1. The molecule has 0 atom stereocenters. The van der Waals surface area contributed by atoms with Crippen molar-refractivity contribution in [3.05, 3.63) is 44.8 Å². The molecule has 0 bridgehead atoms. The van der Waals surface area contributed by atoms with Gasteiger partial charge in [-0.25, -0.2) is 4.68 Å². The number of nitrogens with zero attached hydrogens (tertiary/aromatic N) is 1. The topological polar surface area (TPSA) is 73.3 Å². The maximum absolute atomic E-state index is 12.3. The van der Waals surface area contributed by atoms with Crippen molar-refractivity contribution in [3.8, 4) is 5.69 Å². The van der Waals surface area contributed by atoms with E-state index in [1.807, 2.05) is 0 Å². The Morgan fingerprint density at radius 3 is 2.40 bits per heavy atom. The van der Waals surface area contributed by atoms with E-state index in [0.29, 0.717) is 15.7 Å². The fourth-order valence-electron chi connectivity index (χ4n) is 1.64. The predicted molar refractivity (Wildman–Crippen MR) is 77.7 cm³/mol. The van der Waals surface area contributed by atoms with E-state index in [-0.39, 0.29) is 5.30 Å². The highest BCUT2D eigenvalue weighted by Crippen LogP contribution is 2.43. The van der Waals surface area contributed by atoms with E-state index < -0.39 is 13.2 Å². The number of aromatic nitrogens is 2. The molecule has 0 radical (unpaired) electrons. The lowest BCUT2D eigenvalue weighted by Gasteiger charge is -2.09. The Balaban J connectivity index is 2.56. The minimum atomic E-state index is -3.62. The van der Waals surface area contributed by atoms with E-state index in [1.165, 1.54) is 31.2 Å². The van der Waals surface area contributed by atoms with Crippen LogP contribution < -0.4 is 10.9 Å². The molecule has 0 unspecified atom stereocenters. The first-order valence-electron chi connectivity index (χ1n) is 5.41. The van der Waals surface area contributed by atoms with Gasteiger partial charge >= 0.3 is 7.60 Å². The van der Waals surface area contributed by atoms with Crippen molar-refractivity contribution in [2.45, 2.75) is 0 Å². The van der Waals surface area contributed by atoms with E-state index in [1.54, 1.807) is 12.1 Å². The summed E-state index contributed by atoms with van der Waals surface area (Å²) < 4.78 is 23.0. The van der Waals surface area contributed by atoms with Crippen molar-refractivity contribution in [1.29, 1.82) is 0 Å². The van der Waals surface area contributed by atoms with Gasteiger partial charge in [0, 0.05) is 20.4 Å². The summed E-state index contributed by atoms with van der Waals surface area (Å²) in [6, 6.07) is 4.66. The quantitative estimate of drug-likeness (QED) is 0.871. The van der Waals surface area contributed by atoms with Gasteiger partial charge in [-0.15, -0.1) is 0 Å². The molecule has 2 rings (SSSR count). The third kappa shape index (κ3) is 2.57. The summed E-state index contributed by atoms with van der Waals surface area (Å²) in [6.45, 7) is 0. The van der Waals surface area contributed by atoms with Gasteiger partial charge in [-0.2, -0.15) is 0 Å². The fourth-order valence-corrected chi connectivity index (χ4v) is 3.03. The third-order valence-corrected chi connectivity index (χ3v) is 5.30. The van der Waals surface area contributed by atoms with Crippen LogP contribution in [-0.4, -0.2) is 24.0 Å². The molecule has 108 valence electrons. The molecule has 1 aromatic heterocycles. The maximum atomic E-state index is 12.3. The molecular weight excluding hydrogens is 326 g/mol. The normalized spacial score (nSPS) is 11.8. The van der Waals surface area contributed by atoms with Crippen LogP contribution in [0.2, 0.25) is 10.0 Å². The van der Waals surface area contributed by atoms with Crippen molar-refractivity contribution in [2.24, 2.45) is 0 Å². The minimum absolute atomic E-state index is 0.0893. The number of hydrogen-bond donors (Lipinski definition) is 1. The van der Waals surface area contributed by atoms with Gasteiger partial charge in [-0.1, -0.05) is 23.2 Å². The number of rotatable bonds is 4. The van der Waals surface area contributed by atoms with Crippen molar-refractivity contribution < 1.29 is 13.6 Å². The zero-order valence-corrected chi connectivity index (χ0v) is 13.0. The largest absolute Gasteiger partial charge is 0.368 e. The molecule has 2 aromatic rings. The van der Waals surface area contributed by atoms with Crippen molar-refractivity contribution in [2.75, 3.05) is 14.2 Å². The van der Waals surface area contributed by atoms with Crippen LogP contribution in [0, 0.1) is 0 Å². The van der Waals surface area contributed by atoms with Gasteiger partial charge in [0.2, 0.25) is 0 Å². The van der Waals surface area contributed by atoms with E-state index in [0.717, 1.165) is 0 Å². The number of halogens is 2. The van der Waals surface area contributed by atoms with Gasteiger partial charge in [0.1, 0.15) is 5.30 Å². The first-order chi connectivity index (χ1) is 9.42. The lowest BCUT2D eigenvalue weighted by molar-refractivity contribution is 0.287. The second kappa shape index (κ2) is 5.76. The number of aromatic amines is 1. The van der Waals surface area contributed by atoms with Gasteiger partial charge in [0.05, 0.1) is 15.7 Å². The second-order valence-electron chi connectivity index (χ2n) is 3.76. The van der Waals surface area contributed by atoms with Crippen molar-refractivity contribution in [1.82, 2.24) is 9.78 Å². The average molecular weight is 337 g/mol. The van der Waals surface area contributed by atoms with Crippen molar-refractivity contribution >= 4 is 36.1 Å². The molecule has 0 saturated carbocycles. The second-order valence-corrected chi connectivity index (χ2v) is 6.78. The number of H-pyrrole nitrogens is 1. The van der Waals surface area contributed by atoms with Crippen LogP contribution in [-0.2, 0) is 13.6 Å². The first-order valence-corrected chi connectivity index (χ1v) is 7.70. The van der Waals surface area contributed by atoms with Gasteiger partial charge in [0.15, 0.2) is 0 Å². The van der Waals surface area contributed by atoms with Crippen LogP contribution in [0.15, 0.2) is 29.2 Å².